The Bertz CT molecular complexity index is 423. The minimum atomic E-state index is 1.08. The van der Waals surface area contributed by atoms with Crippen molar-refractivity contribution < 1.29 is 0 Å². The van der Waals surface area contributed by atoms with Crippen LogP contribution in [0.1, 0.15) is 13.3 Å². The smallest absolute Gasteiger partial charge is 0.0522 e. The summed E-state index contributed by atoms with van der Waals surface area (Å²) < 4.78 is 2.15. The molecule has 0 aliphatic carbocycles. The van der Waals surface area contributed by atoms with Crippen LogP contribution in [-0.4, -0.2) is 4.57 Å². The van der Waals surface area contributed by atoms with E-state index in [4.69, 9.17) is 0 Å². The molecule has 2 aromatic rings. The van der Waals surface area contributed by atoms with E-state index in [1.807, 2.05) is 0 Å². The van der Waals surface area contributed by atoms with Crippen molar-refractivity contribution in [3.8, 4) is 0 Å². The SMILES string of the molecule is CC/C=C/n1ccc2ccccc21. The van der Waals surface area contributed by atoms with Crippen LogP contribution in [0.25, 0.3) is 17.1 Å². The highest BCUT2D eigenvalue weighted by atomic mass is 14.9. The summed E-state index contributed by atoms with van der Waals surface area (Å²) in [6.07, 6.45) is 7.44. The van der Waals surface area contributed by atoms with Crippen LogP contribution in [0.15, 0.2) is 42.6 Å². The summed E-state index contributed by atoms with van der Waals surface area (Å²) in [4.78, 5) is 0. The van der Waals surface area contributed by atoms with Gasteiger partial charge in [0, 0.05) is 12.4 Å². The average molecular weight is 171 g/mol. The Kier molecular flexibility index (Phi) is 2.17. The first kappa shape index (κ1) is 8.11. The van der Waals surface area contributed by atoms with E-state index < -0.39 is 0 Å². The van der Waals surface area contributed by atoms with Crippen molar-refractivity contribution in [1.82, 2.24) is 4.57 Å². The summed E-state index contributed by atoms with van der Waals surface area (Å²) in [5.41, 5.74) is 1.27. The Morgan fingerprint density at radius 1 is 1.23 bits per heavy atom. The van der Waals surface area contributed by atoms with Crippen LogP contribution in [-0.2, 0) is 0 Å². The number of aromatic nitrogens is 1. The van der Waals surface area contributed by atoms with Gasteiger partial charge in [0.05, 0.1) is 5.52 Å². The largest absolute Gasteiger partial charge is 0.324 e. The lowest BCUT2D eigenvalue weighted by atomic mass is 10.2. The van der Waals surface area contributed by atoms with Crippen molar-refractivity contribution in [2.24, 2.45) is 0 Å². The first-order chi connectivity index (χ1) is 6.42. The molecule has 0 aliphatic heterocycles. The predicted octanol–water partition coefficient (Wildman–Crippen LogP) is 3.52. The maximum Gasteiger partial charge on any atom is 0.0522 e. The third-order valence-electron chi connectivity index (χ3n) is 2.13. The molecule has 0 N–H and O–H groups in total. The second-order valence-electron chi connectivity index (χ2n) is 3.07. The Morgan fingerprint density at radius 2 is 2.08 bits per heavy atom. The zero-order chi connectivity index (χ0) is 9.10. The molecule has 1 heterocycles. The van der Waals surface area contributed by atoms with E-state index in [0.29, 0.717) is 0 Å². The third kappa shape index (κ3) is 1.50. The van der Waals surface area contributed by atoms with Crippen molar-refractivity contribution in [2.45, 2.75) is 13.3 Å². The van der Waals surface area contributed by atoms with E-state index in [1.54, 1.807) is 0 Å². The average Bonchev–Trinajstić information content (AvgIpc) is 2.58. The van der Waals surface area contributed by atoms with Gasteiger partial charge in [-0.3, -0.25) is 0 Å². The molecule has 0 amide bonds. The van der Waals surface area contributed by atoms with Gasteiger partial charge in [0.25, 0.3) is 0 Å². The van der Waals surface area contributed by atoms with Crippen LogP contribution in [0, 0.1) is 0 Å². The second-order valence-corrected chi connectivity index (χ2v) is 3.07. The fourth-order valence-electron chi connectivity index (χ4n) is 1.45. The maximum atomic E-state index is 2.16. The first-order valence-electron chi connectivity index (χ1n) is 4.64. The minimum Gasteiger partial charge on any atom is -0.324 e. The molecule has 0 saturated heterocycles. The summed E-state index contributed by atoms with van der Waals surface area (Å²) in [6, 6.07) is 10.5. The number of benzene rings is 1. The van der Waals surface area contributed by atoms with Gasteiger partial charge >= 0.3 is 0 Å². The Balaban J connectivity index is 2.52. The van der Waals surface area contributed by atoms with Crippen molar-refractivity contribution in [2.75, 3.05) is 0 Å². The van der Waals surface area contributed by atoms with Gasteiger partial charge in [0.15, 0.2) is 0 Å². The van der Waals surface area contributed by atoms with Crippen molar-refractivity contribution in [3.63, 3.8) is 0 Å². The summed E-state index contributed by atoms with van der Waals surface area (Å²) in [5, 5.41) is 1.29. The molecule has 1 aromatic carbocycles. The quantitative estimate of drug-likeness (QED) is 0.651. The Morgan fingerprint density at radius 3 is 2.92 bits per heavy atom. The van der Waals surface area contributed by atoms with Crippen LogP contribution in [0.4, 0.5) is 0 Å². The molecule has 0 aliphatic rings. The molecular weight excluding hydrogens is 158 g/mol. The standard InChI is InChI=1S/C12H13N/c1-2-3-9-13-10-8-11-6-4-5-7-12(11)13/h3-10H,2H2,1H3/b9-3+. The van der Waals surface area contributed by atoms with E-state index in [-0.39, 0.29) is 0 Å². The molecule has 0 unspecified atom stereocenters. The van der Waals surface area contributed by atoms with Gasteiger partial charge in [0.1, 0.15) is 0 Å². The number of para-hydroxylation sites is 1. The van der Waals surface area contributed by atoms with Crippen molar-refractivity contribution in [1.29, 1.82) is 0 Å². The van der Waals surface area contributed by atoms with Crippen LogP contribution in [0.5, 0.6) is 0 Å². The molecule has 13 heavy (non-hydrogen) atoms. The summed E-state index contributed by atoms with van der Waals surface area (Å²) >= 11 is 0. The van der Waals surface area contributed by atoms with Gasteiger partial charge in [-0.1, -0.05) is 31.2 Å². The number of hydrogen-bond acceptors (Lipinski definition) is 0. The summed E-state index contributed by atoms with van der Waals surface area (Å²) in [6.45, 7) is 2.14. The molecule has 0 fully saturated rings. The molecule has 0 bridgehead atoms. The molecular formula is C12H13N. The lowest BCUT2D eigenvalue weighted by Crippen LogP contribution is -1.81. The third-order valence-corrected chi connectivity index (χ3v) is 2.13. The highest BCUT2D eigenvalue weighted by molar-refractivity contribution is 5.81. The van der Waals surface area contributed by atoms with E-state index in [1.165, 1.54) is 10.9 Å². The highest BCUT2D eigenvalue weighted by Crippen LogP contribution is 2.15. The number of rotatable bonds is 2. The zero-order valence-electron chi connectivity index (χ0n) is 7.77. The molecule has 0 atom stereocenters. The second kappa shape index (κ2) is 3.48. The normalized spacial score (nSPS) is 11.5. The zero-order valence-corrected chi connectivity index (χ0v) is 7.77. The van der Waals surface area contributed by atoms with Crippen molar-refractivity contribution in [3.05, 3.63) is 42.6 Å². The fourth-order valence-corrected chi connectivity index (χ4v) is 1.45. The molecule has 66 valence electrons. The fraction of sp³-hybridized carbons (Fsp3) is 0.167. The minimum absolute atomic E-state index is 1.08. The van der Waals surface area contributed by atoms with Gasteiger partial charge in [-0.2, -0.15) is 0 Å². The monoisotopic (exact) mass is 171 g/mol. The maximum absolute atomic E-state index is 2.16. The van der Waals surface area contributed by atoms with Crippen molar-refractivity contribution >= 4 is 17.1 Å². The molecule has 0 saturated carbocycles. The van der Waals surface area contributed by atoms with E-state index in [0.717, 1.165) is 6.42 Å². The van der Waals surface area contributed by atoms with E-state index >= 15 is 0 Å². The van der Waals surface area contributed by atoms with Gasteiger partial charge in [0.2, 0.25) is 0 Å². The van der Waals surface area contributed by atoms with Crippen LogP contribution in [0.3, 0.4) is 0 Å². The lowest BCUT2D eigenvalue weighted by molar-refractivity contribution is 1.17. The molecule has 0 radical (unpaired) electrons. The van der Waals surface area contributed by atoms with Gasteiger partial charge in [-0.05, 0) is 23.9 Å². The van der Waals surface area contributed by atoms with Crippen LogP contribution in [0.2, 0.25) is 0 Å². The van der Waals surface area contributed by atoms with Gasteiger partial charge < -0.3 is 4.57 Å². The highest BCUT2D eigenvalue weighted by Gasteiger charge is 1.94. The molecule has 1 heteroatoms. The number of fused-ring (bicyclic) bond motifs is 1. The first-order valence-corrected chi connectivity index (χ1v) is 4.64. The van der Waals surface area contributed by atoms with Crippen LogP contribution >= 0.6 is 0 Å². The van der Waals surface area contributed by atoms with Gasteiger partial charge in [-0.25, -0.2) is 0 Å². The van der Waals surface area contributed by atoms with E-state index in [2.05, 4.69) is 60.3 Å². The Hall–Kier alpha value is -1.50. The lowest BCUT2D eigenvalue weighted by Gasteiger charge is -1.95. The summed E-state index contributed by atoms with van der Waals surface area (Å²) in [5.74, 6) is 0. The number of allylic oxidation sites excluding steroid dienone is 1. The predicted molar refractivity (Wildman–Crippen MR) is 57.6 cm³/mol. The van der Waals surface area contributed by atoms with E-state index in [9.17, 15) is 0 Å². The number of hydrogen-bond donors (Lipinski definition) is 0. The summed E-state index contributed by atoms with van der Waals surface area (Å²) in [7, 11) is 0. The molecule has 0 spiro atoms. The van der Waals surface area contributed by atoms with Gasteiger partial charge in [-0.15, -0.1) is 0 Å². The topological polar surface area (TPSA) is 4.93 Å². The van der Waals surface area contributed by atoms with Crippen LogP contribution < -0.4 is 0 Å². The molecule has 1 aromatic heterocycles. The molecule has 2 rings (SSSR count). The number of nitrogens with zero attached hydrogens (tertiary/aromatic N) is 1. The Labute approximate surface area is 78.3 Å². The molecule has 1 nitrogen and oxygen atoms in total.